The summed E-state index contributed by atoms with van der Waals surface area (Å²) in [7, 11) is -1.22. The van der Waals surface area contributed by atoms with Crippen LogP contribution in [-0.2, 0) is 0 Å². The Morgan fingerprint density at radius 3 is 2.76 bits per heavy atom. The van der Waals surface area contributed by atoms with Gasteiger partial charge in [0.2, 0.25) is 0 Å². The van der Waals surface area contributed by atoms with Crippen molar-refractivity contribution >= 4 is 24.5 Å². The Bertz CT molecular complexity index is 642. The zero-order valence-corrected chi connectivity index (χ0v) is 11.5. The standard InChI is InChI=1S/C16H16Si/c1-10-15-9-13-12-7-5-4-6-11(12)8-14(13)16(10)17(15,2)3/h4-9,12H,1-3H3. The highest BCUT2D eigenvalue weighted by Crippen LogP contribution is 2.41. The van der Waals surface area contributed by atoms with Crippen LogP contribution in [0.15, 0.2) is 35.9 Å². The molecule has 0 spiro atoms. The minimum atomic E-state index is -1.22. The largest absolute Gasteiger partial charge is 0.113 e. The molecule has 1 aromatic rings. The highest BCUT2D eigenvalue weighted by atomic mass is 28.3. The number of hydrogen-bond acceptors (Lipinski definition) is 0. The molecule has 1 atom stereocenters. The van der Waals surface area contributed by atoms with Crippen molar-refractivity contribution in [3.8, 4) is 0 Å². The van der Waals surface area contributed by atoms with E-state index in [4.69, 9.17) is 0 Å². The number of benzene rings is 1. The first-order valence-electron chi connectivity index (χ1n) is 6.35. The van der Waals surface area contributed by atoms with Crippen LogP contribution in [0.3, 0.4) is 0 Å². The Hall–Kier alpha value is -1.34. The van der Waals surface area contributed by atoms with Gasteiger partial charge in [0.05, 0.1) is 0 Å². The molecule has 2 aliphatic heterocycles. The van der Waals surface area contributed by atoms with E-state index in [1.54, 1.807) is 27.1 Å². The minimum Gasteiger partial charge on any atom is -0.0726 e. The summed E-state index contributed by atoms with van der Waals surface area (Å²) in [6, 6.07) is 2.50. The van der Waals surface area contributed by atoms with Gasteiger partial charge in [-0.15, -0.1) is 0 Å². The molecule has 17 heavy (non-hydrogen) atoms. The highest BCUT2D eigenvalue weighted by molar-refractivity contribution is 7.05. The maximum absolute atomic E-state index is 2.50. The Balaban J connectivity index is 2.02. The molecule has 0 radical (unpaired) electrons. The second-order valence-electron chi connectivity index (χ2n) is 5.92. The van der Waals surface area contributed by atoms with E-state index in [9.17, 15) is 0 Å². The molecule has 0 nitrogen and oxygen atoms in total. The van der Waals surface area contributed by atoms with Crippen molar-refractivity contribution in [2.45, 2.75) is 25.9 Å². The van der Waals surface area contributed by atoms with E-state index in [1.165, 1.54) is 5.57 Å². The summed E-state index contributed by atoms with van der Waals surface area (Å²) in [6.07, 6.45) is 11.4. The quantitative estimate of drug-likeness (QED) is 0.608. The average molecular weight is 236 g/mol. The predicted octanol–water partition coefficient (Wildman–Crippen LogP) is 2.74. The molecule has 0 aromatic heterocycles. The Kier molecular flexibility index (Phi) is 1.55. The van der Waals surface area contributed by atoms with Crippen molar-refractivity contribution in [3.05, 3.63) is 52.6 Å². The fraction of sp³-hybridized carbons (Fsp3) is 0.250. The van der Waals surface area contributed by atoms with Gasteiger partial charge in [0, 0.05) is 5.92 Å². The summed E-state index contributed by atoms with van der Waals surface area (Å²) >= 11 is 0. The average Bonchev–Trinajstić information content (AvgIpc) is 2.66. The molecule has 0 amide bonds. The van der Waals surface area contributed by atoms with Crippen LogP contribution in [0.1, 0.15) is 22.6 Å². The second kappa shape index (κ2) is 2.73. The molecule has 0 fully saturated rings. The maximum Gasteiger partial charge on any atom is 0.113 e. The van der Waals surface area contributed by atoms with Gasteiger partial charge in [0.15, 0.2) is 0 Å². The van der Waals surface area contributed by atoms with Crippen LogP contribution in [0, 0.1) is 6.92 Å². The predicted molar refractivity (Wildman–Crippen MR) is 76.9 cm³/mol. The topological polar surface area (TPSA) is 0 Å². The summed E-state index contributed by atoms with van der Waals surface area (Å²) in [4.78, 5) is 0. The van der Waals surface area contributed by atoms with Crippen LogP contribution in [0.4, 0.5) is 0 Å². The molecule has 0 N–H and O–H groups in total. The molecule has 84 valence electrons. The molecular weight excluding hydrogens is 220 g/mol. The third-order valence-electron chi connectivity index (χ3n) is 4.67. The lowest BCUT2D eigenvalue weighted by Gasteiger charge is -2.41. The van der Waals surface area contributed by atoms with E-state index in [0.29, 0.717) is 5.92 Å². The molecule has 0 saturated carbocycles. The molecule has 1 heteroatoms. The SMILES string of the molecule is Cc1c2cc3c(c1[Si]2(C)C)C=C1C=CC=CC13. The monoisotopic (exact) mass is 236 g/mol. The van der Waals surface area contributed by atoms with Gasteiger partial charge in [-0.1, -0.05) is 60.3 Å². The number of hydrogen-bond donors (Lipinski definition) is 0. The highest BCUT2D eigenvalue weighted by Gasteiger charge is 2.44. The number of fused-ring (bicyclic) bond motifs is 1. The fourth-order valence-corrected chi connectivity index (χ4v) is 7.53. The van der Waals surface area contributed by atoms with Crippen LogP contribution in [0.2, 0.25) is 13.1 Å². The Morgan fingerprint density at radius 2 is 2.00 bits per heavy atom. The van der Waals surface area contributed by atoms with Gasteiger partial charge in [0.1, 0.15) is 8.07 Å². The van der Waals surface area contributed by atoms with Crippen LogP contribution in [0.25, 0.3) is 6.08 Å². The van der Waals surface area contributed by atoms with Gasteiger partial charge >= 0.3 is 0 Å². The van der Waals surface area contributed by atoms with Crippen LogP contribution < -0.4 is 10.4 Å². The Morgan fingerprint density at radius 1 is 1.18 bits per heavy atom. The van der Waals surface area contributed by atoms with Crippen molar-refractivity contribution in [2.75, 3.05) is 0 Å². The van der Waals surface area contributed by atoms with E-state index in [-0.39, 0.29) is 0 Å². The lowest BCUT2D eigenvalue weighted by molar-refractivity contribution is 1.05. The molecule has 2 bridgehead atoms. The lowest BCUT2D eigenvalue weighted by Crippen LogP contribution is -2.67. The molecular formula is C16H16Si. The summed E-state index contributed by atoms with van der Waals surface area (Å²) in [5, 5.41) is 3.40. The smallest absolute Gasteiger partial charge is 0.0726 e. The number of rotatable bonds is 0. The molecule has 1 aromatic carbocycles. The molecule has 2 aliphatic carbocycles. The van der Waals surface area contributed by atoms with Gasteiger partial charge in [0.25, 0.3) is 0 Å². The van der Waals surface area contributed by atoms with Crippen molar-refractivity contribution in [3.63, 3.8) is 0 Å². The van der Waals surface area contributed by atoms with Gasteiger partial charge in [-0.3, -0.25) is 0 Å². The molecule has 2 heterocycles. The molecule has 1 unspecified atom stereocenters. The van der Waals surface area contributed by atoms with Crippen molar-refractivity contribution in [2.24, 2.45) is 0 Å². The van der Waals surface area contributed by atoms with E-state index >= 15 is 0 Å². The Labute approximate surface area is 103 Å². The zero-order valence-electron chi connectivity index (χ0n) is 10.5. The maximum atomic E-state index is 2.50. The van der Waals surface area contributed by atoms with Gasteiger partial charge in [-0.25, -0.2) is 0 Å². The first-order chi connectivity index (χ1) is 8.10. The minimum absolute atomic E-state index is 0.540. The summed E-state index contributed by atoms with van der Waals surface area (Å²) in [5.74, 6) is 0.540. The summed E-state index contributed by atoms with van der Waals surface area (Å²) < 4.78 is 0. The number of allylic oxidation sites excluding steroid dienone is 5. The lowest BCUT2D eigenvalue weighted by atomic mass is 9.92. The second-order valence-corrected chi connectivity index (χ2v) is 10.2. The van der Waals surface area contributed by atoms with Gasteiger partial charge in [-0.2, -0.15) is 0 Å². The van der Waals surface area contributed by atoms with E-state index in [1.807, 2.05) is 0 Å². The third-order valence-corrected chi connectivity index (χ3v) is 8.43. The molecule has 5 rings (SSSR count). The van der Waals surface area contributed by atoms with Crippen LogP contribution in [0.5, 0.6) is 0 Å². The first kappa shape index (κ1) is 9.66. The van der Waals surface area contributed by atoms with Crippen LogP contribution >= 0.6 is 0 Å². The van der Waals surface area contributed by atoms with Gasteiger partial charge in [-0.05, 0) is 28.8 Å². The van der Waals surface area contributed by atoms with Crippen molar-refractivity contribution < 1.29 is 0 Å². The van der Waals surface area contributed by atoms with Crippen LogP contribution in [-0.4, -0.2) is 8.07 Å². The molecule has 0 saturated heterocycles. The first-order valence-corrected chi connectivity index (χ1v) is 9.35. The molecule has 4 aliphatic rings. The number of aryl methyl sites for hydroxylation is 1. The van der Waals surface area contributed by atoms with E-state index in [0.717, 1.165) is 0 Å². The third kappa shape index (κ3) is 0.952. The normalized spacial score (nSPS) is 25.1. The van der Waals surface area contributed by atoms with Gasteiger partial charge < -0.3 is 0 Å². The zero-order chi connectivity index (χ0) is 11.8. The van der Waals surface area contributed by atoms with E-state index in [2.05, 4.69) is 56.5 Å². The summed E-state index contributed by atoms with van der Waals surface area (Å²) in [5.41, 5.74) is 6.17. The van der Waals surface area contributed by atoms with Crippen molar-refractivity contribution in [1.29, 1.82) is 0 Å². The van der Waals surface area contributed by atoms with E-state index < -0.39 is 8.07 Å². The fourth-order valence-electron chi connectivity index (χ4n) is 3.91. The summed E-state index contributed by atoms with van der Waals surface area (Å²) in [6.45, 7) is 7.27. The van der Waals surface area contributed by atoms with Crippen molar-refractivity contribution in [1.82, 2.24) is 0 Å².